The average molecular weight is 419 g/mol. The molecular weight excluding hydrogens is 384 g/mol. The minimum Gasteiger partial charge on any atom is -0.354 e. The summed E-state index contributed by atoms with van der Waals surface area (Å²) in [4.78, 5) is 51.6. The number of nitrogens with one attached hydrogen (secondary N) is 3. The average Bonchev–Trinajstić information content (AvgIpc) is 2.71. The lowest BCUT2D eigenvalue weighted by Gasteiger charge is -2.32. The molecule has 1 fully saturated rings. The molecule has 0 radical (unpaired) electrons. The van der Waals surface area contributed by atoms with E-state index >= 15 is 0 Å². The van der Waals surface area contributed by atoms with E-state index in [9.17, 15) is 19.2 Å². The van der Waals surface area contributed by atoms with E-state index in [0.717, 1.165) is 0 Å². The molecule has 30 heavy (non-hydrogen) atoms. The lowest BCUT2D eigenvalue weighted by atomic mass is 10.0. The van der Waals surface area contributed by atoms with Gasteiger partial charge in [0.15, 0.2) is 0 Å². The summed E-state index contributed by atoms with van der Waals surface area (Å²) < 4.78 is 0. The molecule has 0 bridgehead atoms. The van der Waals surface area contributed by atoms with Crippen LogP contribution in [0.5, 0.6) is 0 Å². The van der Waals surface area contributed by atoms with Crippen molar-refractivity contribution >= 4 is 23.6 Å². The van der Waals surface area contributed by atoms with E-state index in [-0.39, 0.29) is 17.7 Å². The molecule has 0 unspecified atom stereocenters. The Kier molecular flexibility index (Phi) is 10.6. The molecule has 8 heteroatoms. The summed E-state index contributed by atoms with van der Waals surface area (Å²) in [5, 5.41) is 8.24. The van der Waals surface area contributed by atoms with E-state index in [4.69, 9.17) is 0 Å². The van der Waals surface area contributed by atoms with E-state index in [0.29, 0.717) is 19.4 Å². The molecule has 1 aliphatic rings. The highest BCUT2D eigenvalue weighted by atomic mass is 16.2. The zero-order valence-corrected chi connectivity index (χ0v) is 18.5. The normalized spacial score (nSPS) is 24.8. The van der Waals surface area contributed by atoms with Crippen LogP contribution in [0.3, 0.4) is 0 Å². The molecule has 1 rings (SSSR count). The Hall–Kier alpha value is -2.90. The fraction of sp³-hybridized carbons (Fsp3) is 0.545. The van der Waals surface area contributed by atoms with Gasteiger partial charge < -0.3 is 20.9 Å². The van der Waals surface area contributed by atoms with Crippen LogP contribution in [0.1, 0.15) is 40.5 Å². The van der Waals surface area contributed by atoms with Crippen molar-refractivity contribution in [2.45, 2.75) is 58.7 Å². The topological polar surface area (TPSA) is 108 Å². The van der Waals surface area contributed by atoms with Crippen LogP contribution in [0.15, 0.2) is 36.5 Å². The van der Waals surface area contributed by atoms with Gasteiger partial charge in [0.1, 0.15) is 18.1 Å². The molecule has 0 saturated carbocycles. The number of likely N-dealkylation sites (N-methyl/N-ethyl adjacent to an activating group) is 1. The summed E-state index contributed by atoms with van der Waals surface area (Å²) in [6, 6.07) is -2.25. The van der Waals surface area contributed by atoms with E-state index in [2.05, 4.69) is 16.0 Å². The Bertz CT molecular complexity index is 712. The van der Waals surface area contributed by atoms with Gasteiger partial charge in [-0.1, -0.05) is 44.2 Å². The van der Waals surface area contributed by atoms with Crippen molar-refractivity contribution in [3.63, 3.8) is 0 Å². The molecule has 4 amide bonds. The number of hydrogen-bond acceptors (Lipinski definition) is 4. The zero-order valence-electron chi connectivity index (χ0n) is 18.5. The standard InChI is InChI=1S/C22H34N4O4/c1-6-7-8-9-10-13-18(27)24-17-12-11-14-23-20(28)16(4)26(5)22(30)19(15(2)3)25-21(17)29/h6-10,13,15-17,19H,11-12,14H2,1-5H3,(H,23,28)(H,24,27)(H,25,29)/b7-6+,9-8+,13-10+/t16-,17-,19-/m0/s1. The quantitative estimate of drug-likeness (QED) is 0.458. The predicted molar refractivity (Wildman–Crippen MR) is 116 cm³/mol. The second-order valence-corrected chi connectivity index (χ2v) is 7.62. The number of nitrogens with zero attached hydrogens (tertiary/aromatic N) is 1. The van der Waals surface area contributed by atoms with Crippen LogP contribution in [0.25, 0.3) is 0 Å². The molecule has 0 aromatic carbocycles. The van der Waals surface area contributed by atoms with Gasteiger partial charge in [0.2, 0.25) is 23.6 Å². The molecule has 8 nitrogen and oxygen atoms in total. The van der Waals surface area contributed by atoms with Gasteiger partial charge in [-0.15, -0.1) is 0 Å². The fourth-order valence-electron chi connectivity index (χ4n) is 2.89. The van der Waals surface area contributed by atoms with Gasteiger partial charge in [-0.25, -0.2) is 0 Å². The van der Waals surface area contributed by atoms with Gasteiger partial charge >= 0.3 is 0 Å². The Labute approximate surface area is 178 Å². The summed E-state index contributed by atoms with van der Waals surface area (Å²) >= 11 is 0. The molecule has 0 aromatic rings. The highest BCUT2D eigenvalue weighted by molar-refractivity contribution is 5.96. The van der Waals surface area contributed by atoms with Crippen LogP contribution < -0.4 is 16.0 Å². The van der Waals surface area contributed by atoms with Crippen LogP contribution in [-0.4, -0.2) is 60.2 Å². The summed E-state index contributed by atoms with van der Waals surface area (Å²) in [6.45, 7) is 7.53. The molecule has 0 aliphatic carbocycles. The molecule has 1 saturated heterocycles. The first-order valence-electron chi connectivity index (χ1n) is 10.3. The maximum absolute atomic E-state index is 12.9. The van der Waals surface area contributed by atoms with E-state index in [1.807, 2.05) is 32.9 Å². The highest BCUT2D eigenvalue weighted by Crippen LogP contribution is 2.10. The second kappa shape index (κ2) is 12.6. The van der Waals surface area contributed by atoms with Crippen LogP contribution in [0.2, 0.25) is 0 Å². The van der Waals surface area contributed by atoms with E-state index in [1.54, 1.807) is 32.2 Å². The Balaban J connectivity index is 2.99. The number of allylic oxidation sites excluding steroid dienone is 5. The third-order valence-corrected chi connectivity index (χ3v) is 4.91. The number of carbonyl (C=O) groups excluding carboxylic acids is 4. The van der Waals surface area contributed by atoms with Crippen LogP contribution in [0, 0.1) is 5.92 Å². The minimum absolute atomic E-state index is 0.185. The van der Waals surface area contributed by atoms with E-state index < -0.39 is 29.9 Å². The summed E-state index contributed by atoms with van der Waals surface area (Å²) in [6.07, 6.45) is 11.0. The highest BCUT2D eigenvalue weighted by Gasteiger charge is 2.33. The molecule has 0 aromatic heterocycles. The monoisotopic (exact) mass is 418 g/mol. The molecule has 166 valence electrons. The van der Waals surface area contributed by atoms with Crippen LogP contribution in [0.4, 0.5) is 0 Å². The fourth-order valence-corrected chi connectivity index (χ4v) is 2.89. The number of amides is 4. The zero-order chi connectivity index (χ0) is 22.7. The number of hydrogen-bond donors (Lipinski definition) is 3. The summed E-state index contributed by atoms with van der Waals surface area (Å²) in [5.41, 5.74) is 0. The molecule has 3 atom stereocenters. The molecule has 1 heterocycles. The number of carbonyl (C=O) groups is 4. The SMILES string of the molecule is C/C=C/C=C/C=C/C(=O)N[C@H]1CCCNC(=O)[C@H](C)N(C)C(=O)[C@H](C(C)C)NC1=O. The van der Waals surface area contributed by atoms with Crippen LogP contribution in [-0.2, 0) is 19.2 Å². The maximum atomic E-state index is 12.9. The van der Waals surface area contributed by atoms with Crippen molar-refractivity contribution in [3.05, 3.63) is 36.5 Å². The van der Waals surface area contributed by atoms with Gasteiger partial charge in [-0.3, -0.25) is 19.2 Å². The largest absolute Gasteiger partial charge is 0.354 e. The van der Waals surface area contributed by atoms with Crippen LogP contribution >= 0.6 is 0 Å². The van der Waals surface area contributed by atoms with Crippen molar-refractivity contribution in [1.29, 1.82) is 0 Å². The van der Waals surface area contributed by atoms with Crippen molar-refractivity contribution in [2.75, 3.05) is 13.6 Å². The summed E-state index contributed by atoms with van der Waals surface area (Å²) in [7, 11) is 1.55. The van der Waals surface area contributed by atoms with Crippen molar-refractivity contribution < 1.29 is 19.2 Å². The minimum atomic E-state index is -0.810. The Morgan fingerprint density at radius 3 is 2.43 bits per heavy atom. The lowest BCUT2D eigenvalue weighted by molar-refractivity contribution is -0.142. The lowest BCUT2D eigenvalue weighted by Crippen LogP contribution is -2.58. The Morgan fingerprint density at radius 2 is 1.80 bits per heavy atom. The van der Waals surface area contributed by atoms with Crippen molar-refractivity contribution in [2.24, 2.45) is 5.92 Å². The van der Waals surface area contributed by atoms with Crippen molar-refractivity contribution in [1.82, 2.24) is 20.9 Å². The van der Waals surface area contributed by atoms with Gasteiger partial charge in [-0.05, 0) is 32.6 Å². The van der Waals surface area contributed by atoms with Gasteiger partial charge in [0, 0.05) is 19.7 Å². The molecular formula is C22H34N4O4. The molecule has 0 spiro atoms. The van der Waals surface area contributed by atoms with Crippen molar-refractivity contribution in [3.8, 4) is 0 Å². The summed E-state index contributed by atoms with van der Waals surface area (Å²) in [5.74, 6) is -1.61. The maximum Gasteiger partial charge on any atom is 0.245 e. The predicted octanol–water partition coefficient (Wildman–Crippen LogP) is 1.06. The van der Waals surface area contributed by atoms with E-state index in [1.165, 1.54) is 11.0 Å². The molecule has 3 N–H and O–H groups in total. The van der Waals surface area contributed by atoms with Gasteiger partial charge in [-0.2, -0.15) is 0 Å². The second-order valence-electron chi connectivity index (χ2n) is 7.62. The third-order valence-electron chi connectivity index (χ3n) is 4.91. The van der Waals surface area contributed by atoms with Gasteiger partial charge in [0.25, 0.3) is 0 Å². The third kappa shape index (κ3) is 7.85. The van der Waals surface area contributed by atoms with Gasteiger partial charge in [0.05, 0.1) is 0 Å². The Morgan fingerprint density at radius 1 is 1.13 bits per heavy atom. The first kappa shape index (κ1) is 25.1. The smallest absolute Gasteiger partial charge is 0.245 e. The first-order chi connectivity index (χ1) is 14.2. The molecule has 1 aliphatic heterocycles. The number of rotatable bonds is 5. The first-order valence-corrected chi connectivity index (χ1v) is 10.3.